The highest BCUT2D eigenvalue weighted by atomic mass is 32.2. The molecule has 1 aromatic heterocycles. The molecule has 0 saturated heterocycles. The summed E-state index contributed by atoms with van der Waals surface area (Å²) in [4.78, 5) is 3.97. The molecule has 0 spiro atoms. The van der Waals surface area contributed by atoms with Crippen molar-refractivity contribution >= 4 is 17.8 Å². The van der Waals surface area contributed by atoms with E-state index >= 15 is 0 Å². The van der Waals surface area contributed by atoms with Gasteiger partial charge in [0.2, 0.25) is 0 Å². The average Bonchev–Trinajstić information content (AvgIpc) is 2.48. The third kappa shape index (κ3) is 3.55. The SMILES string of the molecule is CSCC(C)(O)CNc1nc(C)no1. The smallest absolute Gasteiger partial charge is 0.321 e. The van der Waals surface area contributed by atoms with Crippen LogP contribution in [0.15, 0.2) is 4.52 Å². The molecule has 14 heavy (non-hydrogen) atoms. The van der Waals surface area contributed by atoms with Crippen LogP contribution in [0.25, 0.3) is 0 Å². The maximum absolute atomic E-state index is 9.81. The van der Waals surface area contributed by atoms with E-state index in [0.717, 1.165) is 0 Å². The molecule has 0 aromatic carbocycles. The average molecular weight is 217 g/mol. The van der Waals surface area contributed by atoms with Crippen molar-refractivity contribution in [2.45, 2.75) is 19.4 Å². The lowest BCUT2D eigenvalue weighted by Crippen LogP contribution is -2.36. The number of nitrogens with one attached hydrogen (secondary N) is 1. The van der Waals surface area contributed by atoms with Gasteiger partial charge in [-0.15, -0.1) is 0 Å². The lowest BCUT2D eigenvalue weighted by Gasteiger charge is -2.21. The van der Waals surface area contributed by atoms with Crippen LogP contribution in [0.1, 0.15) is 12.7 Å². The van der Waals surface area contributed by atoms with Crippen molar-refractivity contribution < 1.29 is 9.63 Å². The van der Waals surface area contributed by atoms with E-state index < -0.39 is 5.60 Å². The second-order valence-electron chi connectivity index (χ2n) is 3.43. The number of aliphatic hydroxyl groups is 1. The van der Waals surface area contributed by atoms with Gasteiger partial charge in [-0.3, -0.25) is 0 Å². The van der Waals surface area contributed by atoms with Crippen molar-refractivity contribution in [3.63, 3.8) is 0 Å². The molecule has 0 bridgehead atoms. The van der Waals surface area contributed by atoms with Gasteiger partial charge in [0, 0.05) is 12.3 Å². The number of nitrogens with zero attached hydrogens (tertiary/aromatic N) is 2. The normalized spacial score (nSPS) is 15.1. The van der Waals surface area contributed by atoms with Crippen LogP contribution in [-0.2, 0) is 0 Å². The van der Waals surface area contributed by atoms with Crippen molar-refractivity contribution in [2.24, 2.45) is 0 Å². The van der Waals surface area contributed by atoms with E-state index in [4.69, 9.17) is 4.52 Å². The summed E-state index contributed by atoms with van der Waals surface area (Å²) in [5.41, 5.74) is -0.762. The molecule has 80 valence electrons. The summed E-state index contributed by atoms with van der Waals surface area (Å²) in [6.45, 7) is 3.91. The van der Waals surface area contributed by atoms with E-state index in [9.17, 15) is 5.11 Å². The molecule has 1 heterocycles. The van der Waals surface area contributed by atoms with Crippen LogP contribution in [0, 0.1) is 6.92 Å². The minimum absolute atomic E-state index is 0.351. The van der Waals surface area contributed by atoms with Crippen molar-refractivity contribution in [1.29, 1.82) is 0 Å². The molecule has 0 aliphatic rings. The fraction of sp³-hybridized carbons (Fsp3) is 0.750. The summed E-state index contributed by atoms with van der Waals surface area (Å²) >= 11 is 1.59. The fourth-order valence-electron chi connectivity index (χ4n) is 0.997. The molecule has 1 aromatic rings. The first-order chi connectivity index (χ1) is 6.53. The maximum atomic E-state index is 9.81. The largest absolute Gasteiger partial charge is 0.387 e. The van der Waals surface area contributed by atoms with Crippen molar-refractivity contribution in [2.75, 3.05) is 23.9 Å². The van der Waals surface area contributed by atoms with Gasteiger partial charge in [0.05, 0.1) is 5.60 Å². The molecule has 1 atom stereocenters. The second-order valence-corrected chi connectivity index (χ2v) is 4.30. The highest BCUT2D eigenvalue weighted by molar-refractivity contribution is 7.98. The first kappa shape index (κ1) is 11.3. The van der Waals surface area contributed by atoms with Crippen molar-refractivity contribution in [3.8, 4) is 0 Å². The molecule has 0 aliphatic heterocycles. The maximum Gasteiger partial charge on any atom is 0.321 e. The van der Waals surface area contributed by atoms with Gasteiger partial charge in [-0.05, 0) is 20.1 Å². The Morgan fingerprint density at radius 2 is 2.36 bits per heavy atom. The van der Waals surface area contributed by atoms with E-state index in [1.54, 1.807) is 25.6 Å². The van der Waals surface area contributed by atoms with Crippen LogP contribution in [0.5, 0.6) is 0 Å². The molecule has 0 saturated carbocycles. The van der Waals surface area contributed by atoms with E-state index in [1.165, 1.54) is 0 Å². The highest BCUT2D eigenvalue weighted by Gasteiger charge is 2.20. The van der Waals surface area contributed by atoms with Crippen LogP contribution < -0.4 is 5.32 Å². The van der Waals surface area contributed by atoms with Crippen molar-refractivity contribution in [1.82, 2.24) is 10.1 Å². The molecular weight excluding hydrogens is 202 g/mol. The fourth-order valence-corrected chi connectivity index (χ4v) is 1.72. The zero-order valence-electron chi connectivity index (χ0n) is 8.57. The summed E-state index contributed by atoms with van der Waals surface area (Å²) in [5, 5.41) is 16.3. The van der Waals surface area contributed by atoms with Crippen LogP contribution in [-0.4, -0.2) is 39.4 Å². The van der Waals surface area contributed by atoms with Crippen LogP contribution in [0.2, 0.25) is 0 Å². The number of hydrogen-bond donors (Lipinski definition) is 2. The van der Waals surface area contributed by atoms with Crippen molar-refractivity contribution in [3.05, 3.63) is 5.82 Å². The Labute approximate surface area is 87.3 Å². The Hall–Kier alpha value is -0.750. The van der Waals surface area contributed by atoms with Gasteiger partial charge in [0.15, 0.2) is 5.82 Å². The van der Waals surface area contributed by atoms with E-state index in [1.807, 2.05) is 6.26 Å². The summed E-state index contributed by atoms with van der Waals surface area (Å²) in [7, 11) is 0. The molecule has 1 rings (SSSR count). The van der Waals surface area contributed by atoms with Gasteiger partial charge in [-0.1, -0.05) is 5.16 Å². The standard InChI is InChI=1S/C8H15N3O2S/c1-6-10-7(13-11-6)9-4-8(2,12)5-14-3/h12H,4-5H2,1-3H3,(H,9,10,11). The molecular formula is C8H15N3O2S. The third-order valence-corrected chi connectivity index (χ3v) is 2.51. The van der Waals surface area contributed by atoms with Gasteiger partial charge in [-0.25, -0.2) is 0 Å². The number of aromatic nitrogens is 2. The Morgan fingerprint density at radius 1 is 1.64 bits per heavy atom. The number of anilines is 1. The van der Waals surface area contributed by atoms with E-state index in [0.29, 0.717) is 24.1 Å². The topological polar surface area (TPSA) is 71.2 Å². The minimum atomic E-state index is -0.762. The molecule has 6 heteroatoms. The van der Waals surface area contributed by atoms with Gasteiger partial charge >= 0.3 is 6.01 Å². The van der Waals surface area contributed by atoms with E-state index in [2.05, 4.69) is 15.5 Å². The quantitative estimate of drug-likeness (QED) is 0.763. The lowest BCUT2D eigenvalue weighted by atomic mass is 10.1. The zero-order chi connectivity index (χ0) is 10.6. The minimum Gasteiger partial charge on any atom is -0.387 e. The van der Waals surface area contributed by atoms with Crippen LogP contribution in [0.3, 0.4) is 0 Å². The Kier molecular flexibility index (Phi) is 3.77. The monoisotopic (exact) mass is 217 g/mol. The number of rotatable bonds is 5. The highest BCUT2D eigenvalue weighted by Crippen LogP contribution is 2.12. The molecule has 1 unspecified atom stereocenters. The second kappa shape index (κ2) is 4.65. The Morgan fingerprint density at radius 3 is 2.86 bits per heavy atom. The third-order valence-electron chi connectivity index (χ3n) is 1.60. The Balaban J connectivity index is 2.40. The van der Waals surface area contributed by atoms with Gasteiger partial charge in [0.1, 0.15) is 0 Å². The summed E-state index contributed by atoms with van der Waals surface area (Å²) in [6, 6.07) is 0.351. The number of thioether (sulfide) groups is 1. The van der Waals surface area contributed by atoms with Crippen LogP contribution in [0.4, 0.5) is 6.01 Å². The summed E-state index contributed by atoms with van der Waals surface area (Å²) in [6.07, 6.45) is 1.95. The predicted molar refractivity (Wildman–Crippen MR) is 56.5 cm³/mol. The van der Waals surface area contributed by atoms with Crippen LogP contribution >= 0.6 is 11.8 Å². The predicted octanol–water partition coefficient (Wildman–Crippen LogP) is 0.904. The van der Waals surface area contributed by atoms with Gasteiger partial charge < -0.3 is 14.9 Å². The molecule has 0 fully saturated rings. The molecule has 5 nitrogen and oxygen atoms in total. The van der Waals surface area contributed by atoms with Gasteiger partial charge in [-0.2, -0.15) is 16.7 Å². The number of hydrogen-bond acceptors (Lipinski definition) is 6. The van der Waals surface area contributed by atoms with E-state index in [-0.39, 0.29) is 0 Å². The zero-order valence-corrected chi connectivity index (χ0v) is 9.39. The molecule has 0 radical (unpaired) electrons. The summed E-state index contributed by atoms with van der Waals surface area (Å²) < 4.78 is 4.85. The molecule has 0 aliphatic carbocycles. The number of aryl methyl sites for hydroxylation is 1. The lowest BCUT2D eigenvalue weighted by molar-refractivity contribution is 0.0989. The van der Waals surface area contributed by atoms with Gasteiger partial charge in [0.25, 0.3) is 0 Å². The molecule has 0 amide bonds. The first-order valence-electron chi connectivity index (χ1n) is 4.29. The molecule has 2 N–H and O–H groups in total. The Bertz CT molecular complexity index is 288. The first-order valence-corrected chi connectivity index (χ1v) is 5.68. The summed E-state index contributed by atoms with van der Waals surface area (Å²) in [5.74, 6) is 1.24.